The highest BCUT2D eigenvalue weighted by molar-refractivity contribution is 5.83. The average molecular weight is 297 g/mol. The fraction of sp³-hybridized carbons (Fsp3) is 0. The van der Waals surface area contributed by atoms with Gasteiger partial charge in [-0.1, -0.05) is 6.07 Å². The number of aromatic nitrogens is 4. The van der Waals surface area contributed by atoms with Gasteiger partial charge in [0.1, 0.15) is 12.1 Å². The number of hydrogen-bond donors (Lipinski definition) is 3. The first-order valence-corrected chi connectivity index (χ1v) is 6.30. The summed E-state index contributed by atoms with van der Waals surface area (Å²) < 4.78 is 5.62. The molecule has 0 bridgehead atoms. The van der Waals surface area contributed by atoms with Crippen LogP contribution in [0.2, 0.25) is 0 Å². The maximum absolute atomic E-state index is 10.6. The van der Waals surface area contributed by atoms with Crippen molar-refractivity contribution in [2.45, 2.75) is 0 Å². The second-order valence-electron chi connectivity index (χ2n) is 4.27. The van der Waals surface area contributed by atoms with Crippen LogP contribution in [-0.2, 0) is 0 Å². The zero-order chi connectivity index (χ0) is 15.4. The first kappa shape index (κ1) is 13.6. The van der Waals surface area contributed by atoms with Crippen LogP contribution in [0, 0.1) is 0 Å². The highest BCUT2D eigenvalue weighted by atomic mass is 16.5. The van der Waals surface area contributed by atoms with Crippen LogP contribution in [0.4, 0.5) is 10.5 Å². The lowest BCUT2D eigenvalue weighted by Crippen LogP contribution is -2.06. The third-order valence-electron chi connectivity index (χ3n) is 2.73. The predicted molar refractivity (Wildman–Crippen MR) is 77.8 cm³/mol. The highest BCUT2D eigenvalue weighted by Gasteiger charge is 2.06. The van der Waals surface area contributed by atoms with E-state index in [0.717, 1.165) is 5.69 Å². The SMILES string of the molecule is O=C(O)Nc1cccc(Oc2cc(-c3ccn[nH]3)ncn2)c1. The molecule has 0 aliphatic rings. The van der Waals surface area contributed by atoms with Crippen LogP contribution in [0.15, 0.2) is 48.9 Å². The van der Waals surface area contributed by atoms with Crippen molar-refractivity contribution in [2.75, 3.05) is 5.32 Å². The van der Waals surface area contributed by atoms with E-state index in [9.17, 15) is 4.79 Å². The quantitative estimate of drug-likeness (QED) is 0.682. The minimum absolute atomic E-state index is 0.340. The van der Waals surface area contributed by atoms with Gasteiger partial charge in [0.2, 0.25) is 5.88 Å². The molecule has 0 aliphatic carbocycles. The Labute approximate surface area is 124 Å². The Morgan fingerprint density at radius 3 is 2.91 bits per heavy atom. The first-order chi connectivity index (χ1) is 10.7. The summed E-state index contributed by atoms with van der Waals surface area (Å²) in [6, 6.07) is 10.0. The molecule has 3 aromatic rings. The number of rotatable bonds is 4. The van der Waals surface area contributed by atoms with E-state index in [1.54, 1.807) is 42.6 Å². The lowest BCUT2D eigenvalue weighted by Gasteiger charge is -2.07. The Kier molecular flexibility index (Phi) is 3.65. The second kappa shape index (κ2) is 5.92. The molecule has 2 aromatic heterocycles. The summed E-state index contributed by atoms with van der Waals surface area (Å²) in [4.78, 5) is 18.8. The van der Waals surface area contributed by atoms with E-state index in [4.69, 9.17) is 9.84 Å². The molecule has 0 radical (unpaired) electrons. The van der Waals surface area contributed by atoms with Gasteiger partial charge in [-0.3, -0.25) is 10.4 Å². The summed E-state index contributed by atoms with van der Waals surface area (Å²) in [6.45, 7) is 0. The van der Waals surface area contributed by atoms with Gasteiger partial charge in [0.15, 0.2) is 0 Å². The van der Waals surface area contributed by atoms with Crippen molar-refractivity contribution in [1.82, 2.24) is 20.2 Å². The molecule has 3 rings (SSSR count). The number of carboxylic acid groups (broad SMARTS) is 1. The van der Waals surface area contributed by atoms with Gasteiger partial charge in [-0.15, -0.1) is 0 Å². The molecule has 2 heterocycles. The van der Waals surface area contributed by atoms with Crippen LogP contribution >= 0.6 is 0 Å². The molecular weight excluding hydrogens is 286 g/mol. The third kappa shape index (κ3) is 3.18. The number of anilines is 1. The largest absolute Gasteiger partial charge is 0.465 e. The number of carbonyl (C=O) groups is 1. The maximum Gasteiger partial charge on any atom is 0.409 e. The van der Waals surface area contributed by atoms with Gasteiger partial charge in [0.05, 0.1) is 11.4 Å². The molecule has 1 amide bonds. The molecule has 0 unspecified atom stereocenters. The fourth-order valence-corrected chi connectivity index (χ4v) is 1.82. The van der Waals surface area contributed by atoms with E-state index in [1.807, 2.05) is 0 Å². The molecular formula is C14H11N5O3. The van der Waals surface area contributed by atoms with Crippen molar-refractivity contribution in [2.24, 2.45) is 0 Å². The molecule has 1 aromatic carbocycles. The van der Waals surface area contributed by atoms with Crippen molar-refractivity contribution >= 4 is 11.8 Å². The van der Waals surface area contributed by atoms with Crippen molar-refractivity contribution in [3.63, 3.8) is 0 Å². The molecule has 0 spiro atoms. The zero-order valence-corrected chi connectivity index (χ0v) is 11.2. The summed E-state index contributed by atoms with van der Waals surface area (Å²) >= 11 is 0. The second-order valence-corrected chi connectivity index (χ2v) is 4.27. The lowest BCUT2D eigenvalue weighted by molar-refractivity contribution is 0.210. The summed E-state index contributed by atoms with van der Waals surface area (Å²) in [5, 5.41) is 17.6. The van der Waals surface area contributed by atoms with E-state index in [1.165, 1.54) is 6.33 Å². The smallest absolute Gasteiger partial charge is 0.409 e. The van der Waals surface area contributed by atoms with Crippen LogP contribution in [-0.4, -0.2) is 31.4 Å². The average Bonchev–Trinajstić information content (AvgIpc) is 3.01. The molecule has 110 valence electrons. The van der Waals surface area contributed by atoms with E-state index in [-0.39, 0.29) is 0 Å². The Morgan fingerprint density at radius 1 is 1.23 bits per heavy atom. The fourth-order valence-electron chi connectivity index (χ4n) is 1.82. The predicted octanol–water partition coefficient (Wildman–Crippen LogP) is 2.75. The van der Waals surface area contributed by atoms with Gasteiger partial charge in [0, 0.05) is 24.0 Å². The molecule has 22 heavy (non-hydrogen) atoms. The van der Waals surface area contributed by atoms with Crippen molar-refractivity contribution in [3.05, 3.63) is 48.9 Å². The number of hydrogen-bond acceptors (Lipinski definition) is 5. The van der Waals surface area contributed by atoms with Crippen LogP contribution in [0.5, 0.6) is 11.6 Å². The number of nitrogens with one attached hydrogen (secondary N) is 2. The molecule has 3 N–H and O–H groups in total. The minimum atomic E-state index is -1.14. The minimum Gasteiger partial charge on any atom is -0.465 e. The summed E-state index contributed by atoms with van der Waals surface area (Å²) in [7, 11) is 0. The third-order valence-corrected chi connectivity index (χ3v) is 2.73. The van der Waals surface area contributed by atoms with Crippen LogP contribution < -0.4 is 10.1 Å². The Bertz CT molecular complexity index is 789. The van der Waals surface area contributed by atoms with Gasteiger partial charge in [-0.25, -0.2) is 14.8 Å². The topological polar surface area (TPSA) is 113 Å². The number of benzene rings is 1. The molecule has 0 saturated carbocycles. The molecule has 8 heteroatoms. The number of amides is 1. The van der Waals surface area contributed by atoms with Crippen molar-refractivity contribution in [1.29, 1.82) is 0 Å². The molecule has 8 nitrogen and oxygen atoms in total. The maximum atomic E-state index is 10.6. The normalized spacial score (nSPS) is 10.2. The van der Waals surface area contributed by atoms with Gasteiger partial charge < -0.3 is 9.84 Å². The van der Waals surface area contributed by atoms with Gasteiger partial charge in [0.25, 0.3) is 0 Å². The van der Waals surface area contributed by atoms with Crippen molar-refractivity contribution < 1.29 is 14.6 Å². The first-order valence-electron chi connectivity index (χ1n) is 6.30. The highest BCUT2D eigenvalue weighted by Crippen LogP contribution is 2.24. The number of aromatic amines is 1. The molecule has 0 aliphatic heterocycles. The Balaban J connectivity index is 1.81. The van der Waals surface area contributed by atoms with E-state index in [0.29, 0.717) is 23.0 Å². The lowest BCUT2D eigenvalue weighted by atomic mass is 10.3. The van der Waals surface area contributed by atoms with Gasteiger partial charge >= 0.3 is 6.09 Å². The Hall–Kier alpha value is -3.42. The van der Waals surface area contributed by atoms with Crippen molar-refractivity contribution in [3.8, 4) is 23.0 Å². The van der Waals surface area contributed by atoms with E-state index < -0.39 is 6.09 Å². The molecule has 0 fully saturated rings. The standard InChI is InChI=1S/C14H11N5O3/c20-14(21)18-9-2-1-3-10(6-9)22-13-7-12(15-8-16-13)11-4-5-17-19-11/h1-8,18H,(H,17,19)(H,20,21). The zero-order valence-electron chi connectivity index (χ0n) is 11.2. The summed E-state index contributed by atoms with van der Waals surface area (Å²) in [5.74, 6) is 0.799. The monoisotopic (exact) mass is 297 g/mol. The van der Waals surface area contributed by atoms with Crippen LogP contribution in [0.25, 0.3) is 11.4 Å². The number of nitrogens with zero attached hydrogens (tertiary/aromatic N) is 3. The van der Waals surface area contributed by atoms with Crippen LogP contribution in [0.1, 0.15) is 0 Å². The summed E-state index contributed by atoms with van der Waals surface area (Å²) in [5.41, 5.74) is 1.80. The van der Waals surface area contributed by atoms with Gasteiger partial charge in [-0.05, 0) is 18.2 Å². The van der Waals surface area contributed by atoms with E-state index in [2.05, 4.69) is 25.5 Å². The van der Waals surface area contributed by atoms with E-state index >= 15 is 0 Å². The Morgan fingerprint density at radius 2 is 2.14 bits per heavy atom. The summed E-state index contributed by atoms with van der Waals surface area (Å²) in [6.07, 6.45) is 1.87. The number of ether oxygens (including phenoxy) is 1. The van der Waals surface area contributed by atoms with Crippen LogP contribution in [0.3, 0.4) is 0 Å². The number of H-pyrrole nitrogens is 1. The molecule has 0 saturated heterocycles. The molecule has 0 atom stereocenters. The van der Waals surface area contributed by atoms with Gasteiger partial charge in [-0.2, -0.15) is 5.10 Å².